The first-order valence-corrected chi connectivity index (χ1v) is 16.1. The van der Waals surface area contributed by atoms with Crippen LogP contribution in [0.25, 0.3) is 0 Å². The summed E-state index contributed by atoms with van der Waals surface area (Å²) < 4.78 is 44.2. The maximum atomic E-state index is 11.9. The first-order chi connectivity index (χ1) is 23.3. The van der Waals surface area contributed by atoms with Crippen molar-refractivity contribution in [2.24, 2.45) is 22.6 Å². The summed E-state index contributed by atoms with van der Waals surface area (Å²) in [5.41, 5.74) is 15.2. The van der Waals surface area contributed by atoms with Crippen molar-refractivity contribution in [2.75, 3.05) is 133 Å². The van der Waals surface area contributed by atoms with Crippen molar-refractivity contribution in [1.82, 2.24) is 21.3 Å². The number of carbonyl (C=O) groups excluding carboxylic acids is 4. The number of nitrogens with one attached hydrogen (secondary N) is 4. The minimum absolute atomic E-state index is 0.0204. The Hall–Kier alpha value is -2.56. The topological polar surface area (TPSA) is 268 Å². The molecule has 0 saturated carbocycles. The third kappa shape index (κ3) is 28.5. The Bertz CT molecular complexity index is 751. The molecular weight excluding hydrogens is 638 g/mol. The number of esters is 4. The van der Waals surface area contributed by atoms with Crippen molar-refractivity contribution in [3.05, 3.63) is 0 Å². The maximum absolute atomic E-state index is 11.9. The number of carbonyl (C=O) groups is 4. The number of hydrogen-bond donors (Lipinski definition) is 7. The Kier molecular flexibility index (Phi) is 31.2. The predicted molar refractivity (Wildman–Crippen MR) is 173 cm³/mol. The van der Waals surface area contributed by atoms with Crippen LogP contribution in [0.1, 0.15) is 25.7 Å². The zero-order chi connectivity index (χ0) is 35.6. The van der Waals surface area contributed by atoms with Crippen molar-refractivity contribution in [1.29, 1.82) is 0 Å². The van der Waals surface area contributed by atoms with Gasteiger partial charge >= 0.3 is 23.9 Å². The van der Waals surface area contributed by atoms with Gasteiger partial charge < -0.3 is 76.4 Å². The molecule has 0 spiro atoms. The minimum atomic E-state index is -0.894. The van der Waals surface area contributed by atoms with Gasteiger partial charge in [-0.1, -0.05) is 0 Å². The van der Waals surface area contributed by atoms with E-state index in [9.17, 15) is 19.2 Å². The highest BCUT2D eigenvalue weighted by Crippen LogP contribution is 2.21. The first-order valence-electron chi connectivity index (χ1n) is 16.1. The zero-order valence-electron chi connectivity index (χ0n) is 28.4. The second kappa shape index (κ2) is 33.0. The largest absolute Gasteiger partial charge is 0.463 e. The fourth-order valence-electron chi connectivity index (χ4n) is 3.66. The highest BCUT2D eigenvalue weighted by molar-refractivity contribution is 5.70. The van der Waals surface area contributed by atoms with Crippen LogP contribution in [0.2, 0.25) is 0 Å². The van der Waals surface area contributed by atoms with Gasteiger partial charge in [0.25, 0.3) is 0 Å². The van der Waals surface area contributed by atoms with Crippen molar-refractivity contribution in [3.8, 4) is 0 Å². The van der Waals surface area contributed by atoms with Crippen LogP contribution in [0.15, 0.2) is 0 Å². The van der Waals surface area contributed by atoms with Crippen LogP contribution in [-0.2, 0) is 57.1 Å². The molecule has 0 unspecified atom stereocenters. The fourth-order valence-corrected chi connectivity index (χ4v) is 3.66. The smallest absolute Gasteiger partial charge is 0.307 e. The lowest BCUT2D eigenvalue weighted by Crippen LogP contribution is -2.43. The minimum Gasteiger partial charge on any atom is -0.463 e. The first kappa shape index (κ1) is 45.4. The summed E-state index contributed by atoms with van der Waals surface area (Å²) in [4.78, 5) is 47.5. The highest BCUT2D eigenvalue weighted by Gasteiger charge is 2.33. The SMILES string of the molecule is CNCCC(=O)OCCOCC(COCCOC(=O)CCNCN)(COCCOC(=O)CCNCN)COCCOC(=O)CCNCN. The summed E-state index contributed by atoms with van der Waals surface area (Å²) in [6, 6.07) is 0. The monoisotopic (exact) mass is 697 g/mol. The molecule has 0 aromatic carbocycles. The third-order valence-corrected chi connectivity index (χ3v) is 6.13. The van der Waals surface area contributed by atoms with E-state index >= 15 is 0 Å². The molecule has 0 aliphatic rings. The van der Waals surface area contributed by atoms with Crippen LogP contribution in [-0.4, -0.2) is 156 Å². The molecule has 0 bridgehead atoms. The molecule has 0 radical (unpaired) electrons. The van der Waals surface area contributed by atoms with Gasteiger partial charge in [-0.2, -0.15) is 0 Å². The number of nitrogens with two attached hydrogens (primary N) is 3. The highest BCUT2D eigenvalue weighted by atomic mass is 16.6. The van der Waals surface area contributed by atoms with Crippen molar-refractivity contribution in [2.45, 2.75) is 25.7 Å². The molecule has 19 heteroatoms. The van der Waals surface area contributed by atoms with E-state index in [1.807, 2.05) is 0 Å². The molecule has 10 N–H and O–H groups in total. The summed E-state index contributed by atoms with van der Waals surface area (Å²) in [6.45, 7) is 3.19. The summed E-state index contributed by atoms with van der Waals surface area (Å²) in [5, 5.41) is 11.4. The molecule has 0 saturated heterocycles. The van der Waals surface area contributed by atoms with Crippen LogP contribution >= 0.6 is 0 Å². The van der Waals surface area contributed by atoms with E-state index in [0.717, 1.165) is 0 Å². The molecule has 48 heavy (non-hydrogen) atoms. The summed E-state index contributed by atoms with van der Waals surface area (Å²) in [7, 11) is 1.74. The van der Waals surface area contributed by atoms with Crippen LogP contribution in [0.5, 0.6) is 0 Å². The molecule has 0 aromatic heterocycles. The Morgan fingerprint density at radius 3 is 0.979 bits per heavy atom. The molecule has 19 nitrogen and oxygen atoms in total. The van der Waals surface area contributed by atoms with Gasteiger partial charge in [-0.25, -0.2) is 0 Å². The van der Waals surface area contributed by atoms with Crippen LogP contribution in [0.4, 0.5) is 0 Å². The molecule has 0 amide bonds. The van der Waals surface area contributed by atoms with E-state index in [1.165, 1.54) is 0 Å². The van der Waals surface area contributed by atoms with E-state index in [4.69, 9.17) is 55.1 Å². The Morgan fingerprint density at radius 1 is 0.458 bits per heavy atom. The summed E-state index contributed by atoms with van der Waals surface area (Å²) in [6.07, 6.45) is 0.724. The molecule has 0 heterocycles. The van der Waals surface area contributed by atoms with E-state index < -0.39 is 23.3 Å². The van der Waals surface area contributed by atoms with Crippen molar-refractivity contribution < 1.29 is 57.1 Å². The second-order valence-corrected chi connectivity index (χ2v) is 10.3. The van der Waals surface area contributed by atoms with E-state index in [2.05, 4.69) is 21.3 Å². The fraction of sp³-hybridized carbons (Fsp3) is 0.862. The average Bonchev–Trinajstić information content (AvgIpc) is 3.07. The number of rotatable bonds is 35. The van der Waals surface area contributed by atoms with Gasteiger partial charge in [0.05, 0.1) is 84.0 Å². The lowest BCUT2D eigenvalue weighted by Gasteiger charge is -2.33. The van der Waals surface area contributed by atoms with Gasteiger partial charge in [-0.05, 0) is 7.05 Å². The lowest BCUT2D eigenvalue weighted by molar-refractivity contribution is -0.151. The molecular formula is C29H59N7O12. The predicted octanol–water partition coefficient (Wildman–Crippen LogP) is -3.49. The molecule has 282 valence electrons. The molecule has 0 aliphatic carbocycles. The Morgan fingerprint density at radius 2 is 0.729 bits per heavy atom. The average molecular weight is 698 g/mol. The number of hydrogen-bond acceptors (Lipinski definition) is 19. The van der Waals surface area contributed by atoms with Gasteiger partial charge in [0.2, 0.25) is 0 Å². The van der Waals surface area contributed by atoms with Crippen molar-refractivity contribution >= 4 is 23.9 Å². The summed E-state index contributed by atoms with van der Waals surface area (Å²) >= 11 is 0. The van der Waals surface area contributed by atoms with Gasteiger partial charge in [-0.15, -0.1) is 0 Å². The van der Waals surface area contributed by atoms with Crippen molar-refractivity contribution in [3.63, 3.8) is 0 Å². The molecule has 0 fully saturated rings. The standard InChI is InChI=1S/C29H59N7O12/c1-33-6-2-25(37)45-14-10-41-18-29(19-42-11-15-46-26(38)3-7-34-22-30,20-43-12-16-47-27(39)4-8-35-23-31)21-44-13-17-48-28(40)5-9-36-24-32/h33-36H,2-24,30-32H2,1H3. The quantitative estimate of drug-likeness (QED) is 0.0147. The van der Waals surface area contributed by atoms with Crippen LogP contribution in [0, 0.1) is 5.41 Å². The maximum Gasteiger partial charge on any atom is 0.307 e. The Labute approximate surface area is 283 Å². The van der Waals surface area contributed by atoms with E-state index in [1.54, 1.807) is 7.05 Å². The zero-order valence-corrected chi connectivity index (χ0v) is 28.4. The molecule has 0 aliphatic heterocycles. The number of ether oxygens (including phenoxy) is 8. The van der Waals surface area contributed by atoms with E-state index in [0.29, 0.717) is 26.2 Å². The van der Waals surface area contributed by atoms with Crippen LogP contribution in [0.3, 0.4) is 0 Å². The van der Waals surface area contributed by atoms with Gasteiger partial charge in [0.15, 0.2) is 0 Å². The molecule has 0 aromatic rings. The molecule has 0 rings (SSSR count). The van der Waals surface area contributed by atoms with Gasteiger partial charge in [0, 0.05) is 46.2 Å². The van der Waals surface area contributed by atoms with E-state index in [-0.39, 0.29) is 131 Å². The van der Waals surface area contributed by atoms with Crippen LogP contribution < -0.4 is 38.5 Å². The Balaban J connectivity index is 5.22. The lowest BCUT2D eigenvalue weighted by atomic mass is 9.92. The normalized spacial score (nSPS) is 11.3. The second-order valence-electron chi connectivity index (χ2n) is 10.3. The van der Waals surface area contributed by atoms with Gasteiger partial charge in [0.1, 0.15) is 26.4 Å². The molecule has 0 atom stereocenters. The third-order valence-electron chi connectivity index (χ3n) is 6.13. The summed E-state index contributed by atoms with van der Waals surface area (Å²) in [5.74, 6) is -1.55. The van der Waals surface area contributed by atoms with Gasteiger partial charge in [-0.3, -0.25) is 19.2 Å².